The van der Waals surface area contributed by atoms with E-state index in [0.29, 0.717) is 13.1 Å². The highest BCUT2D eigenvalue weighted by molar-refractivity contribution is 6.30. The first-order valence-corrected chi connectivity index (χ1v) is 10.3. The van der Waals surface area contributed by atoms with Crippen LogP contribution in [0.2, 0.25) is 5.02 Å². The minimum atomic E-state index is -1.16. The third kappa shape index (κ3) is 5.66. The topological polar surface area (TPSA) is 108 Å². The van der Waals surface area contributed by atoms with Crippen LogP contribution >= 0.6 is 11.6 Å². The lowest BCUT2D eigenvalue weighted by Gasteiger charge is -2.39. The van der Waals surface area contributed by atoms with E-state index in [4.69, 9.17) is 23.2 Å². The monoisotopic (exact) mass is 429 g/mol. The Morgan fingerprint density at radius 1 is 1.13 bits per heavy atom. The van der Waals surface area contributed by atoms with Gasteiger partial charge in [0.1, 0.15) is 0 Å². The normalized spacial score (nSPS) is 15.8. The van der Waals surface area contributed by atoms with E-state index in [0.717, 1.165) is 42.2 Å². The number of nitrogens with one attached hydrogen (secondary N) is 1. The molecule has 30 heavy (non-hydrogen) atoms. The standard InChI is InChI=1S/C22H28ClN5O2/c23-17-6-8-18(9-7-17)27-12-10-19(11-13-27)28(14-16-4-2-1-3-5-16)15-20(24)21(26-25)22(29)30/h1-9,19,26H,10-15,24-25H2,(H,29,30)/b21-20-. The number of carboxylic acid groups (broad SMARTS) is 1. The molecule has 0 amide bonds. The fraction of sp³-hybridized carbons (Fsp3) is 0.318. The largest absolute Gasteiger partial charge is 0.476 e. The maximum Gasteiger partial charge on any atom is 0.355 e. The van der Waals surface area contributed by atoms with Gasteiger partial charge in [0.2, 0.25) is 0 Å². The Morgan fingerprint density at radius 3 is 2.33 bits per heavy atom. The number of carbonyl (C=O) groups is 1. The number of hydrogen-bond donors (Lipinski definition) is 4. The summed E-state index contributed by atoms with van der Waals surface area (Å²) in [5.74, 6) is 4.21. The Kier molecular flexibility index (Phi) is 7.57. The van der Waals surface area contributed by atoms with E-state index >= 15 is 0 Å². The lowest BCUT2D eigenvalue weighted by molar-refractivity contribution is -0.133. The first kappa shape index (κ1) is 22.0. The van der Waals surface area contributed by atoms with E-state index in [2.05, 4.69) is 27.4 Å². The van der Waals surface area contributed by atoms with Gasteiger partial charge in [-0.05, 0) is 42.7 Å². The van der Waals surface area contributed by atoms with Gasteiger partial charge in [-0.25, -0.2) is 4.79 Å². The number of hydrogen-bond acceptors (Lipinski definition) is 6. The first-order valence-electron chi connectivity index (χ1n) is 9.95. The number of hydrazine groups is 1. The molecule has 0 unspecified atom stereocenters. The zero-order valence-corrected chi connectivity index (χ0v) is 17.6. The zero-order chi connectivity index (χ0) is 21.5. The molecule has 1 aliphatic heterocycles. The minimum Gasteiger partial charge on any atom is -0.476 e. The second-order valence-electron chi connectivity index (χ2n) is 7.43. The van der Waals surface area contributed by atoms with E-state index < -0.39 is 5.97 Å². The Labute approximate surface area is 181 Å². The lowest BCUT2D eigenvalue weighted by atomic mass is 10.0. The molecule has 0 aromatic heterocycles. The Bertz CT molecular complexity index is 865. The molecular formula is C22H28ClN5O2. The summed E-state index contributed by atoms with van der Waals surface area (Å²) in [5.41, 5.74) is 10.7. The van der Waals surface area contributed by atoms with Gasteiger partial charge in [-0.3, -0.25) is 10.7 Å². The van der Waals surface area contributed by atoms with Crippen LogP contribution in [0, 0.1) is 0 Å². The maximum atomic E-state index is 11.4. The molecule has 0 bridgehead atoms. The van der Waals surface area contributed by atoms with Crippen LogP contribution in [0.5, 0.6) is 0 Å². The van der Waals surface area contributed by atoms with Crippen molar-refractivity contribution >= 4 is 23.3 Å². The summed E-state index contributed by atoms with van der Waals surface area (Å²) >= 11 is 6.00. The molecule has 7 nitrogen and oxygen atoms in total. The van der Waals surface area contributed by atoms with Crippen molar-refractivity contribution < 1.29 is 9.90 Å². The Morgan fingerprint density at radius 2 is 1.77 bits per heavy atom. The highest BCUT2D eigenvalue weighted by Gasteiger charge is 2.26. The molecule has 2 aromatic rings. The Balaban J connectivity index is 1.73. The highest BCUT2D eigenvalue weighted by atomic mass is 35.5. The second kappa shape index (κ2) is 10.3. The van der Waals surface area contributed by atoms with E-state index in [1.54, 1.807) is 0 Å². The van der Waals surface area contributed by atoms with E-state index in [9.17, 15) is 9.90 Å². The Hall–Kier alpha value is -2.74. The highest BCUT2D eigenvalue weighted by Crippen LogP contribution is 2.25. The van der Waals surface area contributed by atoms with Gasteiger partial charge in [-0.2, -0.15) is 0 Å². The number of anilines is 1. The summed E-state index contributed by atoms with van der Waals surface area (Å²) in [6.07, 6.45) is 1.89. The molecule has 1 fully saturated rings. The van der Waals surface area contributed by atoms with Gasteiger partial charge in [0.05, 0.1) is 5.70 Å². The van der Waals surface area contributed by atoms with Gasteiger partial charge in [0.25, 0.3) is 0 Å². The molecule has 8 heteroatoms. The third-order valence-electron chi connectivity index (χ3n) is 5.45. The molecule has 0 radical (unpaired) electrons. The van der Waals surface area contributed by atoms with E-state index in [-0.39, 0.29) is 17.4 Å². The predicted octanol–water partition coefficient (Wildman–Crippen LogP) is 2.53. The van der Waals surface area contributed by atoms with Gasteiger partial charge in [0, 0.05) is 42.9 Å². The van der Waals surface area contributed by atoms with Gasteiger partial charge in [0.15, 0.2) is 5.70 Å². The van der Waals surface area contributed by atoms with Crippen LogP contribution in [-0.4, -0.2) is 41.7 Å². The fourth-order valence-electron chi connectivity index (χ4n) is 3.86. The molecule has 1 heterocycles. The summed E-state index contributed by atoms with van der Waals surface area (Å²) in [5, 5.41) is 10.1. The van der Waals surface area contributed by atoms with Gasteiger partial charge < -0.3 is 21.2 Å². The third-order valence-corrected chi connectivity index (χ3v) is 5.71. The first-order chi connectivity index (χ1) is 14.5. The average molecular weight is 430 g/mol. The number of carboxylic acids is 1. The van der Waals surface area contributed by atoms with E-state index in [1.807, 2.05) is 42.5 Å². The van der Waals surface area contributed by atoms with Crippen molar-refractivity contribution in [3.8, 4) is 0 Å². The number of aliphatic carboxylic acids is 1. The SMILES string of the molecule is NN/C(C(=O)O)=C(\N)CN(Cc1ccccc1)C1CCN(c2ccc(Cl)cc2)CC1. The molecule has 0 spiro atoms. The van der Waals surface area contributed by atoms with Crippen LogP contribution in [0.4, 0.5) is 5.69 Å². The minimum absolute atomic E-state index is 0.160. The van der Waals surface area contributed by atoms with Crippen molar-refractivity contribution in [2.45, 2.75) is 25.4 Å². The second-order valence-corrected chi connectivity index (χ2v) is 7.87. The van der Waals surface area contributed by atoms with Crippen LogP contribution in [-0.2, 0) is 11.3 Å². The molecule has 1 saturated heterocycles. The molecule has 2 aromatic carbocycles. The number of rotatable bonds is 8. The van der Waals surface area contributed by atoms with Gasteiger partial charge in [-0.1, -0.05) is 41.9 Å². The van der Waals surface area contributed by atoms with Gasteiger partial charge in [-0.15, -0.1) is 0 Å². The number of halogens is 1. The summed E-state index contributed by atoms with van der Waals surface area (Å²) in [7, 11) is 0. The molecule has 3 rings (SSSR count). The molecule has 6 N–H and O–H groups in total. The van der Waals surface area contributed by atoms with Crippen molar-refractivity contribution in [2.24, 2.45) is 11.6 Å². The van der Waals surface area contributed by atoms with Gasteiger partial charge >= 0.3 is 5.97 Å². The zero-order valence-electron chi connectivity index (χ0n) is 16.8. The number of piperidine rings is 1. The summed E-state index contributed by atoms with van der Waals surface area (Å²) in [6, 6.07) is 18.3. The van der Waals surface area contributed by atoms with Crippen molar-refractivity contribution in [3.63, 3.8) is 0 Å². The molecule has 1 aliphatic rings. The fourth-order valence-corrected chi connectivity index (χ4v) is 3.99. The van der Waals surface area contributed by atoms with Crippen LogP contribution < -0.4 is 21.9 Å². The number of nitrogens with zero attached hydrogens (tertiary/aromatic N) is 2. The summed E-state index contributed by atoms with van der Waals surface area (Å²) in [6.45, 7) is 2.82. The lowest BCUT2D eigenvalue weighted by Crippen LogP contribution is -2.46. The van der Waals surface area contributed by atoms with Crippen molar-refractivity contribution in [3.05, 3.63) is 76.6 Å². The quantitative estimate of drug-likeness (QED) is 0.290. The van der Waals surface area contributed by atoms with Crippen LogP contribution in [0.1, 0.15) is 18.4 Å². The van der Waals surface area contributed by atoms with Crippen LogP contribution in [0.15, 0.2) is 66.0 Å². The predicted molar refractivity (Wildman–Crippen MR) is 120 cm³/mol. The molecule has 0 atom stereocenters. The molecular weight excluding hydrogens is 402 g/mol. The van der Waals surface area contributed by atoms with Crippen molar-refractivity contribution in [2.75, 3.05) is 24.5 Å². The number of benzene rings is 2. The number of nitrogens with two attached hydrogens (primary N) is 2. The maximum absolute atomic E-state index is 11.4. The summed E-state index contributed by atoms with van der Waals surface area (Å²) in [4.78, 5) is 16.0. The average Bonchev–Trinajstić information content (AvgIpc) is 2.75. The van der Waals surface area contributed by atoms with Crippen LogP contribution in [0.25, 0.3) is 0 Å². The smallest absolute Gasteiger partial charge is 0.355 e. The van der Waals surface area contributed by atoms with Crippen molar-refractivity contribution in [1.29, 1.82) is 0 Å². The van der Waals surface area contributed by atoms with Crippen LogP contribution in [0.3, 0.4) is 0 Å². The molecule has 0 saturated carbocycles. The summed E-state index contributed by atoms with van der Waals surface area (Å²) < 4.78 is 0. The molecule has 160 valence electrons. The van der Waals surface area contributed by atoms with Crippen molar-refractivity contribution in [1.82, 2.24) is 10.3 Å². The van der Waals surface area contributed by atoms with E-state index in [1.165, 1.54) is 0 Å². The molecule has 0 aliphatic carbocycles.